The minimum Gasteiger partial charge on any atom is -0.442 e. The molecule has 106 valence electrons. The van der Waals surface area contributed by atoms with Crippen molar-refractivity contribution in [2.45, 2.75) is 38.2 Å². The van der Waals surface area contributed by atoms with Crippen molar-refractivity contribution < 1.29 is 18.6 Å². The third kappa shape index (κ3) is 4.66. The van der Waals surface area contributed by atoms with Gasteiger partial charge in [-0.1, -0.05) is 18.2 Å². The number of rotatable bonds is 1. The first kappa shape index (κ1) is 15.7. The van der Waals surface area contributed by atoms with E-state index in [4.69, 9.17) is 4.74 Å². The first-order chi connectivity index (χ1) is 8.63. The molecule has 0 aliphatic rings. The lowest BCUT2D eigenvalue weighted by molar-refractivity contribution is 0.0604. The topological polar surface area (TPSA) is 79.1 Å². The Kier molecular flexibility index (Phi) is 4.73. The number of aliphatic imine (C=N–C) groups is 1. The maximum absolute atomic E-state index is 11.5. The van der Waals surface area contributed by atoms with Gasteiger partial charge >= 0.3 is 6.09 Å². The molecule has 0 atom stereocenters. The van der Waals surface area contributed by atoms with Crippen LogP contribution in [0.2, 0.25) is 0 Å². The van der Waals surface area contributed by atoms with Gasteiger partial charge in [-0.3, -0.25) is 9.11 Å². The highest BCUT2D eigenvalue weighted by molar-refractivity contribution is 8.36. The summed E-state index contributed by atoms with van der Waals surface area (Å²) in [5, 5.41) is -0.0621. The van der Waals surface area contributed by atoms with Gasteiger partial charge in [-0.2, -0.15) is 4.99 Å². The van der Waals surface area contributed by atoms with Crippen molar-refractivity contribution in [1.82, 2.24) is 0 Å². The highest BCUT2D eigenvalue weighted by Gasteiger charge is 2.22. The Morgan fingerprint density at radius 2 is 1.74 bits per heavy atom. The van der Waals surface area contributed by atoms with E-state index in [0.717, 1.165) is 0 Å². The molecule has 0 heterocycles. The smallest absolute Gasteiger partial charge is 0.435 e. The van der Waals surface area contributed by atoms with Crippen molar-refractivity contribution >= 4 is 21.7 Å². The van der Waals surface area contributed by atoms with Crippen molar-refractivity contribution in [2.24, 2.45) is 4.99 Å². The third-order valence-electron chi connectivity index (χ3n) is 2.13. The molecular formula is C13H19NO4S. The van der Waals surface area contributed by atoms with Crippen molar-refractivity contribution in [1.29, 1.82) is 0 Å². The lowest BCUT2D eigenvalue weighted by Crippen LogP contribution is -2.23. The van der Waals surface area contributed by atoms with Gasteiger partial charge in [0.2, 0.25) is 0 Å². The maximum Gasteiger partial charge on any atom is 0.435 e. The number of amides is 1. The summed E-state index contributed by atoms with van der Waals surface area (Å²) in [6.45, 7) is 6.53. The lowest BCUT2D eigenvalue weighted by Gasteiger charge is -2.31. The van der Waals surface area contributed by atoms with Gasteiger partial charge in [-0.25, -0.2) is 4.79 Å². The van der Waals surface area contributed by atoms with Gasteiger partial charge in [-0.05, 0) is 39.8 Å². The van der Waals surface area contributed by atoms with Crippen LogP contribution < -0.4 is 0 Å². The zero-order valence-corrected chi connectivity index (χ0v) is 12.3. The quantitative estimate of drug-likeness (QED) is 0.600. The van der Waals surface area contributed by atoms with Gasteiger partial charge in [-0.15, -0.1) is 10.6 Å². The van der Waals surface area contributed by atoms with Crippen LogP contribution >= 0.6 is 10.6 Å². The van der Waals surface area contributed by atoms with E-state index in [0.29, 0.717) is 4.90 Å². The van der Waals surface area contributed by atoms with Crippen LogP contribution in [0.1, 0.15) is 27.7 Å². The predicted molar refractivity (Wildman–Crippen MR) is 76.9 cm³/mol. The largest absolute Gasteiger partial charge is 0.442 e. The molecule has 0 spiro atoms. The van der Waals surface area contributed by atoms with Gasteiger partial charge in [0.05, 0.1) is 4.90 Å². The standard InChI is InChI=1S/C13H19NO4S/c1-10(14-12(15)18-13(2,3)4)19(16,17)11-8-6-5-7-9-11/h5-9,16-17H,1-4H3. The molecule has 0 aliphatic heterocycles. The molecule has 1 amide bonds. The van der Waals surface area contributed by atoms with Crippen LogP contribution in [-0.4, -0.2) is 25.8 Å². The molecule has 0 aromatic heterocycles. The van der Waals surface area contributed by atoms with E-state index < -0.39 is 22.3 Å². The number of carbonyl (C=O) groups is 1. The van der Waals surface area contributed by atoms with Gasteiger partial charge in [0.15, 0.2) is 0 Å². The second-order valence-corrected chi connectivity index (χ2v) is 7.13. The van der Waals surface area contributed by atoms with Crippen LogP contribution in [0, 0.1) is 0 Å². The molecule has 19 heavy (non-hydrogen) atoms. The van der Waals surface area contributed by atoms with Crippen molar-refractivity contribution in [3.8, 4) is 0 Å². The highest BCUT2D eigenvalue weighted by Crippen LogP contribution is 2.49. The predicted octanol–water partition coefficient (Wildman–Crippen LogP) is 4.15. The van der Waals surface area contributed by atoms with Crippen LogP contribution in [-0.2, 0) is 4.74 Å². The van der Waals surface area contributed by atoms with Crippen LogP contribution in [0.5, 0.6) is 0 Å². The van der Waals surface area contributed by atoms with E-state index in [9.17, 15) is 13.9 Å². The van der Waals surface area contributed by atoms with Crippen molar-refractivity contribution in [2.75, 3.05) is 0 Å². The summed E-state index contributed by atoms with van der Waals surface area (Å²) in [5.41, 5.74) is -0.670. The van der Waals surface area contributed by atoms with E-state index in [2.05, 4.69) is 4.99 Å². The lowest BCUT2D eigenvalue weighted by atomic mass is 10.2. The number of benzene rings is 1. The fraction of sp³-hybridized carbons (Fsp3) is 0.385. The Labute approximate surface area is 114 Å². The first-order valence-corrected chi connectivity index (χ1v) is 7.29. The van der Waals surface area contributed by atoms with Gasteiger partial charge < -0.3 is 4.74 Å². The monoisotopic (exact) mass is 285 g/mol. The number of hydrogen-bond acceptors (Lipinski definition) is 4. The molecule has 0 radical (unpaired) electrons. The molecule has 6 heteroatoms. The molecule has 5 nitrogen and oxygen atoms in total. The minimum atomic E-state index is -3.24. The highest BCUT2D eigenvalue weighted by atomic mass is 32.3. The Balaban J connectivity index is 2.93. The van der Waals surface area contributed by atoms with E-state index in [-0.39, 0.29) is 5.04 Å². The minimum absolute atomic E-state index is 0.0621. The molecule has 1 aromatic rings. The summed E-state index contributed by atoms with van der Waals surface area (Å²) in [6, 6.07) is 8.28. The van der Waals surface area contributed by atoms with Crippen LogP contribution in [0.4, 0.5) is 4.79 Å². The zero-order valence-electron chi connectivity index (χ0n) is 11.5. The molecule has 0 aliphatic carbocycles. The summed E-state index contributed by atoms with van der Waals surface area (Å²) in [6.07, 6.45) is -0.832. The first-order valence-electron chi connectivity index (χ1n) is 5.74. The average molecular weight is 285 g/mol. The van der Waals surface area contributed by atoms with Crippen LogP contribution in [0.3, 0.4) is 0 Å². The van der Waals surface area contributed by atoms with Crippen molar-refractivity contribution in [3.63, 3.8) is 0 Å². The number of nitrogens with zero attached hydrogens (tertiary/aromatic N) is 1. The Morgan fingerprint density at radius 3 is 2.21 bits per heavy atom. The second-order valence-electron chi connectivity index (χ2n) is 4.97. The number of ether oxygens (including phenoxy) is 1. The Morgan fingerprint density at radius 1 is 1.21 bits per heavy atom. The SMILES string of the molecule is CC(=NC(=O)OC(C)(C)C)S(O)(O)c1ccccc1. The summed E-state index contributed by atoms with van der Waals surface area (Å²) >= 11 is 0. The van der Waals surface area contributed by atoms with Crippen molar-refractivity contribution in [3.05, 3.63) is 30.3 Å². The van der Waals surface area contributed by atoms with Gasteiger partial charge in [0, 0.05) is 0 Å². The maximum atomic E-state index is 11.5. The summed E-state index contributed by atoms with van der Waals surface area (Å²) in [5.74, 6) is 0. The zero-order chi connectivity index (χ0) is 14.7. The van der Waals surface area contributed by atoms with E-state index >= 15 is 0 Å². The molecule has 0 unspecified atom stereocenters. The average Bonchev–Trinajstić information content (AvgIpc) is 2.27. The fourth-order valence-corrected chi connectivity index (χ4v) is 2.34. The molecule has 0 bridgehead atoms. The molecule has 0 saturated heterocycles. The summed E-state index contributed by atoms with van der Waals surface area (Å²) in [4.78, 5) is 15.5. The molecule has 2 N–H and O–H groups in total. The molecule has 1 rings (SSSR count). The number of hydrogen-bond donors (Lipinski definition) is 2. The molecule has 0 saturated carbocycles. The summed E-state index contributed by atoms with van der Waals surface area (Å²) in [7, 11) is -3.24. The normalized spacial score (nSPS) is 14.1. The number of carbonyl (C=O) groups excluding carboxylic acids is 1. The second kappa shape index (κ2) is 5.73. The molecular weight excluding hydrogens is 266 g/mol. The van der Waals surface area contributed by atoms with Crippen LogP contribution in [0.15, 0.2) is 40.2 Å². The fourth-order valence-electron chi connectivity index (χ4n) is 1.26. The van der Waals surface area contributed by atoms with Crippen LogP contribution in [0.25, 0.3) is 0 Å². The summed E-state index contributed by atoms with van der Waals surface area (Å²) < 4.78 is 25.2. The Bertz CT molecular complexity index is 477. The van der Waals surface area contributed by atoms with E-state index in [1.807, 2.05) is 0 Å². The molecule has 1 aromatic carbocycles. The van der Waals surface area contributed by atoms with E-state index in [1.54, 1.807) is 51.1 Å². The van der Waals surface area contributed by atoms with Gasteiger partial charge in [0.1, 0.15) is 10.6 Å². The Hall–Kier alpha value is -1.37. The van der Waals surface area contributed by atoms with E-state index in [1.165, 1.54) is 6.92 Å². The van der Waals surface area contributed by atoms with Gasteiger partial charge in [0.25, 0.3) is 0 Å². The third-order valence-corrected chi connectivity index (χ3v) is 3.97. The molecule has 0 fully saturated rings.